The minimum absolute atomic E-state index is 0.121. The number of carbonyl (C=O) groups is 2. The number of nitrogens with zero attached hydrogens (tertiary/aromatic N) is 1. The van der Waals surface area contributed by atoms with Crippen LogP contribution in [0.2, 0.25) is 10.0 Å². The molecule has 0 bridgehead atoms. The summed E-state index contributed by atoms with van der Waals surface area (Å²) >= 11 is 17.1. The molecular weight excluding hydrogens is 483 g/mol. The lowest BCUT2D eigenvalue weighted by Crippen LogP contribution is -2.47. The number of thioether (sulfide) groups is 1. The Labute approximate surface area is 188 Å². The lowest BCUT2D eigenvalue weighted by atomic mass is 10.1. The van der Waals surface area contributed by atoms with Gasteiger partial charge in [-0.3, -0.25) is 9.59 Å². The minimum Gasteiger partial charge on any atom is -0.357 e. The molecule has 0 aliphatic rings. The van der Waals surface area contributed by atoms with Gasteiger partial charge in [0.15, 0.2) is 0 Å². The summed E-state index contributed by atoms with van der Waals surface area (Å²) < 4.78 is 1.02. The van der Waals surface area contributed by atoms with Crippen molar-refractivity contribution >= 4 is 62.7 Å². The summed E-state index contributed by atoms with van der Waals surface area (Å²) in [5.41, 5.74) is 1.88. The highest BCUT2D eigenvalue weighted by Gasteiger charge is 2.26. The lowest BCUT2D eigenvalue weighted by molar-refractivity contribution is -0.138. The van der Waals surface area contributed by atoms with Gasteiger partial charge in [-0.15, -0.1) is 11.8 Å². The second kappa shape index (κ2) is 11.1. The van der Waals surface area contributed by atoms with Crippen LogP contribution >= 0.6 is 50.9 Å². The average molecular weight is 504 g/mol. The maximum absolute atomic E-state index is 12.9. The Bertz CT molecular complexity index is 833. The van der Waals surface area contributed by atoms with Gasteiger partial charge >= 0.3 is 0 Å². The predicted octanol–water partition coefficient (Wildman–Crippen LogP) is 5.15. The molecule has 0 spiro atoms. The van der Waals surface area contributed by atoms with E-state index in [1.165, 1.54) is 11.8 Å². The third kappa shape index (κ3) is 6.69. The van der Waals surface area contributed by atoms with E-state index in [4.69, 9.17) is 23.2 Å². The summed E-state index contributed by atoms with van der Waals surface area (Å²) in [5, 5.41) is 3.59. The van der Waals surface area contributed by atoms with Crippen LogP contribution in [0.4, 0.5) is 0 Å². The molecular formula is C20H21BrCl2N2O2S. The molecule has 150 valence electrons. The first-order valence-electron chi connectivity index (χ1n) is 8.59. The van der Waals surface area contributed by atoms with E-state index in [9.17, 15) is 9.59 Å². The zero-order chi connectivity index (χ0) is 20.7. The molecule has 1 unspecified atom stereocenters. The number of hydrogen-bond acceptors (Lipinski definition) is 3. The van der Waals surface area contributed by atoms with Gasteiger partial charge < -0.3 is 10.2 Å². The van der Waals surface area contributed by atoms with Crippen LogP contribution in [0.1, 0.15) is 18.1 Å². The van der Waals surface area contributed by atoms with Gasteiger partial charge in [-0.2, -0.15) is 0 Å². The molecule has 0 radical (unpaired) electrons. The fourth-order valence-corrected chi connectivity index (χ4v) is 4.15. The number of hydrogen-bond donors (Lipinski definition) is 1. The van der Waals surface area contributed by atoms with E-state index in [2.05, 4.69) is 21.2 Å². The van der Waals surface area contributed by atoms with Crippen LogP contribution in [0.25, 0.3) is 0 Å². The summed E-state index contributed by atoms with van der Waals surface area (Å²) in [5.74, 6) is 0.631. The number of amides is 2. The van der Waals surface area contributed by atoms with Gasteiger partial charge in [0.05, 0.1) is 5.75 Å². The summed E-state index contributed by atoms with van der Waals surface area (Å²) in [7, 11) is 1.55. The Morgan fingerprint density at radius 3 is 2.46 bits per heavy atom. The van der Waals surface area contributed by atoms with Gasteiger partial charge in [-0.1, -0.05) is 57.3 Å². The fourth-order valence-electron chi connectivity index (χ4n) is 2.54. The molecule has 2 aromatic carbocycles. The summed E-state index contributed by atoms with van der Waals surface area (Å²) in [6.07, 6.45) is 0. The molecule has 4 nitrogen and oxygen atoms in total. The van der Waals surface area contributed by atoms with Crippen molar-refractivity contribution in [1.82, 2.24) is 10.2 Å². The van der Waals surface area contributed by atoms with E-state index >= 15 is 0 Å². The van der Waals surface area contributed by atoms with Crippen molar-refractivity contribution in [3.63, 3.8) is 0 Å². The van der Waals surface area contributed by atoms with Crippen LogP contribution < -0.4 is 5.32 Å². The monoisotopic (exact) mass is 502 g/mol. The largest absolute Gasteiger partial charge is 0.357 e. The van der Waals surface area contributed by atoms with Crippen molar-refractivity contribution in [2.24, 2.45) is 0 Å². The van der Waals surface area contributed by atoms with E-state index in [0.717, 1.165) is 15.6 Å². The second-order valence-corrected chi connectivity index (χ2v) is 8.91. The predicted molar refractivity (Wildman–Crippen MR) is 121 cm³/mol. The van der Waals surface area contributed by atoms with Crippen molar-refractivity contribution in [2.45, 2.75) is 25.3 Å². The van der Waals surface area contributed by atoms with Gasteiger partial charge in [0.2, 0.25) is 11.8 Å². The maximum atomic E-state index is 12.9. The molecule has 2 rings (SSSR count). The fraction of sp³-hybridized carbons (Fsp3) is 0.300. The molecule has 0 fully saturated rings. The Balaban J connectivity index is 2.07. The minimum atomic E-state index is -0.613. The Morgan fingerprint density at radius 1 is 1.18 bits per heavy atom. The van der Waals surface area contributed by atoms with E-state index < -0.39 is 6.04 Å². The molecule has 2 amide bonds. The molecule has 0 heterocycles. The van der Waals surface area contributed by atoms with E-state index in [-0.39, 0.29) is 24.1 Å². The average Bonchev–Trinajstić information content (AvgIpc) is 2.67. The van der Waals surface area contributed by atoms with Gasteiger partial charge in [0.25, 0.3) is 0 Å². The molecule has 0 aromatic heterocycles. The molecule has 1 N–H and O–H groups in total. The number of carbonyl (C=O) groups excluding carboxylic acids is 2. The van der Waals surface area contributed by atoms with E-state index in [1.54, 1.807) is 37.1 Å². The van der Waals surface area contributed by atoms with Crippen LogP contribution in [0.15, 0.2) is 46.9 Å². The molecule has 2 aromatic rings. The SMILES string of the molecule is CNC(=O)C(C)N(Cc1ccc(Cl)cc1Cl)C(=O)CSCc1ccc(Br)cc1. The highest BCUT2D eigenvalue weighted by atomic mass is 79.9. The van der Waals surface area contributed by atoms with E-state index in [0.29, 0.717) is 15.8 Å². The van der Waals surface area contributed by atoms with Crippen molar-refractivity contribution < 1.29 is 9.59 Å². The molecule has 0 saturated heterocycles. The zero-order valence-corrected chi connectivity index (χ0v) is 19.5. The Kier molecular flexibility index (Phi) is 9.15. The van der Waals surface area contributed by atoms with E-state index in [1.807, 2.05) is 24.3 Å². The quantitative estimate of drug-likeness (QED) is 0.541. The maximum Gasteiger partial charge on any atom is 0.242 e. The first kappa shape index (κ1) is 23.1. The van der Waals surface area contributed by atoms with Crippen molar-refractivity contribution in [3.8, 4) is 0 Å². The first-order valence-corrected chi connectivity index (χ1v) is 11.3. The first-order chi connectivity index (χ1) is 13.3. The van der Waals surface area contributed by atoms with Crippen molar-refractivity contribution in [2.75, 3.05) is 12.8 Å². The normalized spacial score (nSPS) is 11.8. The molecule has 8 heteroatoms. The number of halogens is 3. The molecule has 0 aliphatic heterocycles. The third-order valence-electron chi connectivity index (χ3n) is 4.18. The number of rotatable bonds is 8. The highest BCUT2D eigenvalue weighted by molar-refractivity contribution is 9.10. The van der Waals surface area contributed by atoms with Gasteiger partial charge in [-0.25, -0.2) is 0 Å². The van der Waals surface area contributed by atoms with Crippen LogP contribution in [-0.2, 0) is 21.9 Å². The smallest absolute Gasteiger partial charge is 0.242 e. The lowest BCUT2D eigenvalue weighted by Gasteiger charge is -2.28. The van der Waals surface area contributed by atoms with Crippen molar-refractivity contribution in [3.05, 3.63) is 68.1 Å². The number of benzene rings is 2. The molecule has 1 atom stereocenters. The molecule has 28 heavy (non-hydrogen) atoms. The summed E-state index contributed by atoms with van der Waals surface area (Å²) in [6.45, 7) is 1.95. The van der Waals surface area contributed by atoms with Crippen LogP contribution in [0.3, 0.4) is 0 Å². The Hall–Kier alpha value is -1.21. The van der Waals surface area contributed by atoms with Gasteiger partial charge in [0, 0.05) is 33.9 Å². The van der Waals surface area contributed by atoms with Gasteiger partial charge in [-0.05, 0) is 42.3 Å². The third-order valence-corrected chi connectivity index (χ3v) is 6.28. The standard InChI is InChI=1S/C20H21BrCl2N2O2S/c1-13(20(27)24-2)25(10-15-5-8-17(22)9-18(15)23)19(26)12-28-11-14-3-6-16(21)7-4-14/h3-9,13H,10-12H2,1-2H3,(H,24,27). The summed E-state index contributed by atoms with van der Waals surface area (Å²) in [6, 6.07) is 12.5. The molecule has 0 saturated carbocycles. The van der Waals surface area contributed by atoms with Crippen LogP contribution in [0.5, 0.6) is 0 Å². The topological polar surface area (TPSA) is 49.4 Å². The Morgan fingerprint density at radius 2 is 1.86 bits per heavy atom. The van der Waals surface area contributed by atoms with Gasteiger partial charge in [0.1, 0.15) is 6.04 Å². The molecule has 0 aliphatic carbocycles. The zero-order valence-electron chi connectivity index (χ0n) is 15.5. The number of nitrogens with one attached hydrogen (secondary N) is 1. The van der Waals surface area contributed by atoms with Crippen molar-refractivity contribution in [1.29, 1.82) is 0 Å². The second-order valence-electron chi connectivity index (χ2n) is 6.17. The summed E-state index contributed by atoms with van der Waals surface area (Å²) in [4.78, 5) is 26.6. The highest BCUT2D eigenvalue weighted by Crippen LogP contribution is 2.24. The van der Waals surface area contributed by atoms with Crippen LogP contribution in [-0.4, -0.2) is 35.6 Å². The number of likely N-dealkylation sites (N-methyl/N-ethyl adjacent to an activating group) is 1. The van der Waals surface area contributed by atoms with Crippen LogP contribution in [0, 0.1) is 0 Å².